The van der Waals surface area contributed by atoms with Gasteiger partial charge in [-0.25, -0.2) is 0 Å². The summed E-state index contributed by atoms with van der Waals surface area (Å²) in [4.78, 5) is 14.9. The van der Waals surface area contributed by atoms with Crippen molar-refractivity contribution in [1.29, 1.82) is 5.26 Å². The third-order valence-corrected chi connectivity index (χ3v) is 6.47. The molecule has 0 radical (unpaired) electrons. The van der Waals surface area contributed by atoms with Crippen molar-refractivity contribution in [2.75, 3.05) is 17.3 Å². The quantitative estimate of drug-likeness (QED) is 0.398. The molecule has 1 amide bonds. The summed E-state index contributed by atoms with van der Waals surface area (Å²) >= 11 is 18.5. The maximum absolute atomic E-state index is 12.6. The fraction of sp³-hybridized carbons (Fsp3) is 0.304. The lowest BCUT2D eigenvalue weighted by atomic mass is 9.80. The van der Waals surface area contributed by atoms with Crippen molar-refractivity contribution in [1.82, 2.24) is 0 Å². The molecule has 1 N–H and O–H groups in total. The van der Waals surface area contributed by atoms with Crippen LogP contribution in [0.25, 0.3) is 6.08 Å². The number of benzene rings is 2. The largest absolute Gasteiger partial charge is 0.369 e. The summed E-state index contributed by atoms with van der Waals surface area (Å²) in [6.45, 7) is 6.58. The Morgan fingerprint density at radius 3 is 2.57 bits per heavy atom. The summed E-state index contributed by atoms with van der Waals surface area (Å²) < 4.78 is 0. The molecule has 4 nitrogen and oxygen atoms in total. The maximum atomic E-state index is 12.6. The number of nitriles is 1. The first-order chi connectivity index (χ1) is 14.0. The number of nitrogens with one attached hydrogen (secondary N) is 1. The summed E-state index contributed by atoms with van der Waals surface area (Å²) in [6.07, 6.45) is 2.50. The van der Waals surface area contributed by atoms with Gasteiger partial charge in [0.1, 0.15) is 11.6 Å². The first-order valence-corrected chi connectivity index (χ1v) is 10.6. The van der Waals surface area contributed by atoms with Gasteiger partial charge in [-0.05, 0) is 73.7 Å². The number of rotatable bonds is 3. The smallest absolute Gasteiger partial charge is 0.266 e. The number of carbonyl (C=O) groups excluding carboxylic acids is 1. The number of anilines is 2. The van der Waals surface area contributed by atoms with E-state index in [2.05, 4.69) is 38.0 Å². The minimum absolute atomic E-state index is 0.0165. The van der Waals surface area contributed by atoms with Crippen LogP contribution in [0.2, 0.25) is 15.1 Å². The van der Waals surface area contributed by atoms with Gasteiger partial charge in [-0.1, -0.05) is 41.7 Å². The van der Waals surface area contributed by atoms with Gasteiger partial charge in [0.2, 0.25) is 0 Å². The molecule has 0 saturated heterocycles. The van der Waals surface area contributed by atoms with Crippen LogP contribution in [0.4, 0.5) is 11.4 Å². The first kappa shape index (κ1) is 22.5. The Balaban J connectivity index is 1.96. The zero-order chi connectivity index (χ0) is 22.2. The predicted octanol–water partition coefficient (Wildman–Crippen LogP) is 6.91. The van der Waals surface area contributed by atoms with Crippen LogP contribution < -0.4 is 10.2 Å². The molecule has 0 aliphatic carbocycles. The number of hydrogen-bond acceptors (Lipinski definition) is 3. The molecular formula is C23H22Cl3N3O. The minimum Gasteiger partial charge on any atom is -0.369 e. The van der Waals surface area contributed by atoms with Crippen LogP contribution in [-0.2, 0) is 4.79 Å². The summed E-state index contributed by atoms with van der Waals surface area (Å²) in [7, 11) is 2.06. The maximum Gasteiger partial charge on any atom is 0.266 e. The number of carbonyl (C=O) groups is 1. The molecule has 0 fully saturated rings. The SMILES string of the molecule is C[C@H]1CC(C)(C)N(C)c2cc(Cl)c(/C=C(/C#N)C(=O)Nc3ccc(Cl)cc3Cl)cc21. The number of halogens is 3. The van der Waals surface area contributed by atoms with Gasteiger partial charge in [-0.2, -0.15) is 5.26 Å². The van der Waals surface area contributed by atoms with E-state index in [1.54, 1.807) is 12.1 Å². The Bertz CT molecular complexity index is 1090. The van der Waals surface area contributed by atoms with E-state index in [9.17, 15) is 10.1 Å². The van der Waals surface area contributed by atoms with Gasteiger partial charge in [0, 0.05) is 28.3 Å². The Morgan fingerprint density at radius 1 is 1.23 bits per heavy atom. The van der Waals surface area contributed by atoms with E-state index < -0.39 is 5.91 Å². The van der Waals surface area contributed by atoms with Gasteiger partial charge in [-0.3, -0.25) is 4.79 Å². The Morgan fingerprint density at radius 2 is 1.93 bits per heavy atom. The molecule has 1 heterocycles. The molecular weight excluding hydrogens is 441 g/mol. The number of hydrogen-bond donors (Lipinski definition) is 1. The fourth-order valence-corrected chi connectivity index (χ4v) is 4.47. The van der Waals surface area contributed by atoms with Gasteiger partial charge in [0.15, 0.2) is 0 Å². The molecule has 1 aliphatic heterocycles. The second-order valence-electron chi connectivity index (χ2n) is 8.16. The molecule has 30 heavy (non-hydrogen) atoms. The summed E-state index contributed by atoms with van der Waals surface area (Å²) in [5, 5.41) is 13.4. The molecule has 0 bridgehead atoms. The van der Waals surface area contributed by atoms with Crippen molar-refractivity contribution in [3.63, 3.8) is 0 Å². The lowest BCUT2D eigenvalue weighted by Gasteiger charge is -2.45. The molecule has 3 rings (SSSR count). The van der Waals surface area contributed by atoms with Crippen LogP contribution >= 0.6 is 34.8 Å². The van der Waals surface area contributed by atoms with Crippen LogP contribution in [0, 0.1) is 11.3 Å². The van der Waals surface area contributed by atoms with E-state index in [4.69, 9.17) is 34.8 Å². The van der Waals surface area contributed by atoms with E-state index >= 15 is 0 Å². The fourth-order valence-electron chi connectivity index (χ4n) is 3.80. The molecule has 0 spiro atoms. The van der Waals surface area contributed by atoms with E-state index in [0.717, 1.165) is 17.7 Å². The second-order valence-corrected chi connectivity index (χ2v) is 9.41. The second kappa shape index (κ2) is 8.51. The molecule has 156 valence electrons. The lowest BCUT2D eigenvalue weighted by Crippen LogP contribution is -2.45. The molecule has 2 aromatic carbocycles. The van der Waals surface area contributed by atoms with Gasteiger partial charge in [0.05, 0.1) is 10.7 Å². The highest BCUT2D eigenvalue weighted by Gasteiger charge is 2.34. The van der Waals surface area contributed by atoms with Gasteiger partial charge < -0.3 is 10.2 Å². The topological polar surface area (TPSA) is 56.1 Å². The van der Waals surface area contributed by atoms with Crippen molar-refractivity contribution in [3.8, 4) is 6.07 Å². The van der Waals surface area contributed by atoms with Gasteiger partial charge >= 0.3 is 0 Å². The minimum atomic E-state index is -0.568. The molecule has 2 aromatic rings. The van der Waals surface area contributed by atoms with Crippen LogP contribution in [0.15, 0.2) is 35.9 Å². The molecule has 1 aliphatic rings. The molecule has 0 aromatic heterocycles. The van der Waals surface area contributed by atoms with E-state index in [1.165, 1.54) is 12.1 Å². The predicted molar refractivity (Wildman–Crippen MR) is 126 cm³/mol. The van der Waals surface area contributed by atoms with Crippen LogP contribution in [-0.4, -0.2) is 18.5 Å². The Hall–Kier alpha value is -2.19. The highest BCUT2D eigenvalue weighted by molar-refractivity contribution is 6.37. The zero-order valence-corrected chi connectivity index (χ0v) is 19.5. The molecule has 0 unspecified atom stereocenters. The molecule has 7 heteroatoms. The third-order valence-electron chi connectivity index (χ3n) is 5.60. The highest BCUT2D eigenvalue weighted by atomic mass is 35.5. The van der Waals surface area contributed by atoms with Gasteiger partial charge in [-0.15, -0.1) is 0 Å². The third kappa shape index (κ3) is 4.44. The number of amides is 1. The molecule has 0 saturated carbocycles. The summed E-state index contributed by atoms with van der Waals surface area (Å²) in [6, 6.07) is 10.5. The lowest BCUT2D eigenvalue weighted by molar-refractivity contribution is -0.112. The highest BCUT2D eigenvalue weighted by Crippen LogP contribution is 2.44. The average molecular weight is 463 g/mol. The zero-order valence-electron chi connectivity index (χ0n) is 17.2. The average Bonchev–Trinajstić information content (AvgIpc) is 2.66. The number of nitrogens with zero attached hydrogens (tertiary/aromatic N) is 2. The molecule has 1 atom stereocenters. The van der Waals surface area contributed by atoms with E-state index in [0.29, 0.717) is 32.2 Å². The van der Waals surface area contributed by atoms with Crippen LogP contribution in [0.1, 0.15) is 44.2 Å². The Kier molecular flexibility index (Phi) is 6.38. The standard InChI is InChI=1S/C23H22Cl3N3O/c1-13-11-23(2,3)29(4)21-10-18(25)14(8-17(13)21)7-15(12-27)22(30)28-20-6-5-16(24)9-19(20)26/h5-10,13H,11H2,1-4H3,(H,28,30)/b15-7-/t13-/m0/s1. The van der Waals surface area contributed by atoms with Crippen molar-refractivity contribution >= 4 is 58.2 Å². The van der Waals surface area contributed by atoms with E-state index in [-0.39, 0.29) is 11.1 Å². The summed E-state index contributed by atoms with van der Waals surface area (Å²) in [5.74, 6) is -0.246. The van der Waals surface area contributed by atoms with Crippen LogP contribution in [0.5, 0.6) is 0 Å². The van der Waals surface area contributed by atoms with Crippen molar-refractivity contribution in [2.45, 2.75) is 38.6 Å². The van der Waals surface area contributed by atoms with E-state index in [1.807, 2.05) is 18.2 Å². The Labute approximate surface area is 192 Å². The van der Waals surface area contributed by atoms with Crippen molar-refractivity contribution in [3.05, 3.63) is 62.1 Å². The van der Waals surface area contributed by atoms with Crippen LogP contribution in [0.3, 0.4) is 0 Å². The van der Waals surface area contributed by atoms with Gasteiger partial charge in [0.25, 0.3) is 5.91 Å². The summed E-state index contributed by atoms with van der Waals surface area (Å²) in [5.41, 5.74) is 3.16. The first-order valence-electron chi connectivity index (χ1n) is 9.49. The number of fused-ring (bicyclic) bond motifs is 1. The van der Waals surface area contributed by atoms with Crippen molar-refractivity contribution < 1.29 is 4.79 Å². The van der Waals surface area contributed by atoms with Crippen molar-refractivity contribution in [2.24, 2.45) is 0 Å². The monoisotopic (exact) mass is 461 g/mol. The normalized spacial score (nSPS) is 17.9.